The highest BCUT2D eigenvalue weighted by atomic mass is 35.5. The van der Waals surface area contributed by atoms with E-state index in [2.05, 4.69) is 33.1 Å². The van der Waals surface area contributed by atoms with E-state index in [0.29, 0.717) is 23.4 Å². The molecule has 2 aromatic rings. The summed E-state index contributed by atoms with van der Waals surface area (Å²) in [5.41, 5.74) is 8.56. The van der Waals surface area contributed by atoms with Gasteiger partial charge >= 0.3 is 6.01 Å². The van der Waals surface area contributed by atoms with E-state index >= 15 is 0 Å². The summed E-state index contributed by atoms with van der Waals surface area (Å²) in [7, 11) is 1.54. The van der Waals surface area contributed by atoms with Crippen LogP contribution in [0.2, 0.25) is 5.02 Å². The van der Waals surface area contributed by atoms with Crippen molar-refractivity contribution >= 4 is 17.4 Å². The average molecular weight is 305 g/mol. The molecule has 0 radical (unpaired) electrons. The second-order valence-electron chi connectivity index (χ2n) is 5.02. The van der Waals surface area contributed by atoms with Crippen molar-refractivity contribution in [3.8, 4) is 6.01 Å². The first-order valence-corrected chi connectivity index (χ1v) is 7.20. The molecule has 2 N–H and O–H groups in total. The van der Waals surface area contributed by atoms with Crippen LogP contribution in [-0.2, 0) is 13.0 Å². The number of fused-ring (bicyclic) bond motifs is 1. The lowest BCUT2D eigenvalue weighted by Gasteiger charge is -2.37. The zero-order chi connectivity index (χ0) is 14.8. The molecule has 1 aromatic heterocycles. The number of benzene rings is 1. The lowest BCUT2D eigenvalue weighted by Crippen LogP contribution is -2.45. The average Bonchev–Trinajstić information content (AvgIpc) is 2.54. The van der Waals surface area contributed by atoms with Gasteiger partial charge in [-0.1, -0.05) is 35.9 Å². The maximum atomic E-state index is 6.27. The normalized spacial score (nSPS) is 17.5. The van der Waals surface area contributed by atoms with Crippen molar-refractivity contribution in [2.45, 2.75) is 19.0 Å². The SMILES string of the molecule is COc1ncc(Cl)c(N2Cc3ccccc3CC2CN)n1. The molecule has 0 bridgehead atoms. The fraction of sp³-hybridized carbons (Fsp3) is 0.333. The van der Waals surface area contributed by atoms with Crippen LogP contribution in [0.3, 0.4) is 0 Å². The van der Waals surface area contributed by atoms with E-state index in [4.69, 9.17) is 22.1 Å². The zero-order valence-corrected chi connectivity index (χ0v) is 12.5. The van der Waals surface area contributed by atoms with E-state index in [1.165, 1.54) is 11.1 Å². The largest absolute Gasteiger partial charge is 0.467 e. The van der Waals surface area contributed by atoms with Crippen LogP contribution in [0.25, 0.3) is 0 Å². The van der Waals surface area contributed by atoms with Crippen LogP contribution in [0.15, 0.2) is 30.5 Å². The number of anilines is 1. The maximum Gasteiger partial charge on any atom is 0.318 e. The molecule has 3 rings (SSSR count). The molecule has 1 aromatic carbocycles. The Kier molecular flexibility index (Phi) is 3.94. The van der Waals surface area contributed by atoms with Crippen molar-refractivity contribution < 1.29 is 4.74 Å². The predicted molar refractivity (Wildman–Crippen MR) is 82.8 cm³/mol. The minimum Gasteiger partial charge on any atom is -0.467 e. The smallest absolute Gasteiger partial charge is 0.318 e. The number of rotatable bonds is 3. The van der Waals surface area contributed by atoms with Gasteiger partial charge in [-0.2, -0.15) is 4.98 Å². The summed E-state index contributed by atoms with van der Waals surface area (Å²) in [6.45, 7) is 1.27. The van der Waals surface area contributed by atoms with Gasteiger partial charge in [0.15, 0.2) is 5.82 Å². The molecule has 0 spiro atoms. The number of hydrogen-bond acceptors (Lipinski definition) is 5. The Hall–Kier alpha value is -1.85. The quantitative estimate of drug-likeness (QED) is 0.940. The molecule has 5 nitrogen and oxygen atoms in total. The molecule has 110 valence electrons. The van der Waals surface area contributed by atoms with Gasteiger partial charge in [-0.05, 0) is 17.5 Å². The predicted octanol–water partition coefficient (Wildman–Crippen LogP) is 2.03. The van der Waals surface area contributed by atoms with E-state index in [1.54, 1.807) is 13.3 Å². The summed E-state index contributed by atoms with van der Waals surface area (Å²) in [6, 6.07) is 8.85. The molecule has 21 heavy (non-hydrogen) atoms. The van der Waals surface area contributed by atoms with Crippen molar-refractivity contribution in [1.82, 2.24) is 9.97 Å². The summed E-state index contributed by atoms with van der Waals surface area (Å²) >= 11 is 6.27. The molecule has 0 fully saturated rings. The number of aromatic nitrogens is 2. The zero-order valence-electron chi connectivity index (χ0n) is 11.8. The van der Waals surface area contributed by atoms with Crippen molar-refractivity contribution in [3.05, 3.63) is 46.6 Å². The van der Waals surface area contributed by atoms with E-state index in [0.717, 1.165) is 13.0 Å². The fourth-order valence-electron chi connectivity index (χ4n) is 2.69. The molecule has 0 saturated carbocycles. The molecular formula is C15H17ClN4O. The molecule has 0 saturated heterocycles. The van der Waals surface area contributed by atoms with Crippen molar-refractivity contribution in [2.24, 2.45) is 5.73 Å². The molecule has 0 amide bonds. The lowest BCUT2D eigenvalue weighted by molar-refractivity contribution is 0.379. The Morgan fingerprint density at radius 1 is 1.38 bits per heavy atom. The summed E-state index contributed by atoms with van der Waals surface area (Å²) in [6.07, 6.45) is 2.45. The number of methoxy groups -OCH3 is 1. The van der Waals surface area contributed by atoms with Crippen LogP contribution in [0.4, 0.5) is 5.82 Å². The van der Waals surface area contributed by atoms with Gasteiger partial charge in [-0.25, -0.2) is 4.98 Å². The molecule has 2 heterocycles. The van der Waals surface area contributed by atoms with Crippen LogP contribution in [-0.4, -0.2) is 29.7 Å². The van der Waals surface area contributed by atoms with Crippen LogP contribution in [0.1, 0.15) is 11.1 Å². The first-order valence-electron chi connectivity index (χ1n) is 6.83. The number of nitrogens with two attached hydrogens (primary N) is 1. The minimum atomic E-state index is 0.164. The van der Waals surface area contributed by atoms with E-state index in [1.807, 2.05) is 6.07 Å². The van der Waals surface area contributed by atoms with Crippen LogP contribution in [0.5, 0.6) is 6.01 Å². The number of hydrogen-bond donors (Lipinski definition) is 1. The van der Waals surface area contributed by atoms with Crippen LogP contribution in [0, 0.1) is 0 Å². The molecular weight excluding hydrogens is 288 g/mol. The Morgan fingerprint density at radius 3 is 2.86 bits per heavy atom. The first kappa shape index (κ1) is 14.1. The Balaban J connectivity index is 2.01. The monoisotopic (exact) mass is 304 g/mol. The third-order valence-electron chi connectivity index (χ3n) is 3.79. The van der Waals surface area contributed by atoms with Crippen molar-refractivity contribution in [1.29, 1.82) is 0 Å². The van der Waals surface area contributed by atoms with E-state index in [-0.39, 0.29) is 6.04 Å². The summed E-state index contributed by atoms with van der Waals surface area (Å²) in [5.74, 6) is 0.675. The Bertz CT molecular complexity index is 649. The van der Waals surface area contributed by atoms with E-state index in [9.17, 15) is 0 Å². The molecule has 1 aliphatic rings. The van der Waals surface area contributed by atoms with Crippen molar-refractivity contribution in [3.63, 3.8) is 0 Å². The highest BCUT2D eigenvalue weighted by Gasteiger charge is 2.28. The van der Waals surface area contributed by atoms with Gasteiger partial charge in [0.05, 0.1) is 13.3 Å². The third-order valence-corrected chi connectivity index (χ3v) is 4.05. The molecule has 0 aliphatic carbocycles. The highest BCUT2D eigenvalue weighted by Crippen LogP contribution is 2.32. The van der Waals surface area contributed by atoms with Gasteiger partial charge in [-0.15, -0.1) is 0 Å². The minimum absolute atomic E-state index is 0.164. The first-order chi connectivity index (χ1) is 10.2. The molecule has 1 atom stereocenters. The fourth-order valence-corrected chi connectivity index (χ4v) is 2.89. The molecule has 1 unspecified atom stereocenters. The number of halogens is 1. The number of ether oxygens (including phenoxy) is 1. The van der Waals surface area contributed by atoms with Gasteiger partial charge in [-0.3, -0.25) is 0 Å². The second-order valence-corrected chi connectivity index (χ2v) is 5.43. The number of nitrogens with zero attached hydrogens (tertiary/aromatic N) is 3. The van der Waals surface area contributed by atoms with Gasteiger partial charge in [0.1, 0.15) is 5.02 Å². The van der Waals surface area contributed by atoms with Crippen molar-refractivity contribution in [2.75, 3.05) is 18.6 Å². The summed E-state index contributed by atoms with van der Waals surface area (Å²) in [4.78, 5) is 10.5. The highest BCUT2D eigenvalue weighted by molar-refractivity contribution is 6.32. The Morgan fingerprint density at radius 2 is 2.14 bits per heavy atom. The lowest BCUT2D eigenvalue weighted by atomic mass is 9.94. The summed E-state index contributed by atoms with van der Waals surface area (Å²) in [5, 5.41) is 0.508. The second kappa shape index (κ2) is 5.87. The summed E-state index contributed by atoms with van der Waals surface area (Å²) < 4.78 is 5.10. The Labute approximate surface area is 128 Å². The van der Waals surface area contributed by atoms with Crippen LogP contribution < -0.4 is 15.4 Å². The maximum absolute atomic E-state index is 6.27. The van der Waals surface area contributed by atoms with Gasteiger partial charge < -0.3 is 15.4 Å². The molecule has 6 heteroatoms. The van der Waals surface area contributed by atoms with Gasteiger partial charge in [0.25, 0.3) is 0 Å². The van der Waals surface area contributed by atoms with E-state index < -0.39 is 0 Å². The topological polar surface area (TPSA) is 64.3 Å². The third kappa shape index (κ3) is 2.66. The molecule has 1 aliphatic heterocycles. The van der Waals surface area contributed by atoms with Crippen LogP contribution >= 0.6 is 11.6 Å². The standard InChI is InChI=1S/C15H17ClN4O/c1-21-15-18-8-13(16)14(19-15)20-9-11-5-3-2-4-10(11)6-12(20)7-17/h2-5,8,12H,6-7,9,17H2,1H3. The van der Waals surface area contributed by atoms with Gasteiger partial charge in [0.2, 0.25) is 0 Å². The van der Waals surface area contributed by atoms with Gasteiger partial charge in [0, 0.05) is 19.1 Å².